The van der Waals surface area contributed by atoms with Gasteiger partial charge in [0, 0.05) is 11.7 Å². The number of hydrogen-bond acceptors (Lipinski definition) is 6. The van der Waals surface area contributed by atoms with Crippen molar-refractivity contribution < 1.29 is 4.79 Å². The lowest BCUT2D eigenvalue weighted by Crippen LogP contribution is -2.41. The number of pyridine rings is 1. The van der Waals surface area contributed by atoms with Crippen LogP contribution >= 0.6 is 11.8 Å². The number of hydrogen-bond donors (Lipinski definition) is 1. The van der Waals surface area contributed by atoms with Crippen molar-refractivity contribution in [1.29, 1.82) is 0 Å². The number of rotatable bonds is 4. The van der Waals surface area contributed by atoms with Gasteiger partial charge < -0.3 is 5.32 Å². The van der Waals surface area contributed by atoms with Crippen molar-refractivity contribution in [2.75, 3.05) is 5.75 Å². The summed E-state index contributed by atoms with van der Waals surface area (Å²) < 4.78 is 1.64. The minimum Gasteiger partial charge on any atom is -0.351 e. The van der Waals surface area contributed by atoms with Crippen molar-refractivity contribution in [3.8, 4) is 11.4 Å². The molecule has 3 aromatic rings. The highest BCUT2D eigenvalue weighted by Gasteiger charge is 2.16. The van der Waals surface area contributed by atoms with Gasteiger partial charge >= 0.3 is 0 Å². The van der Waals surface area contributed by atoms with Crippen LogP contribution in [0.2, 0.25) is 0 Å². The Morgan fingerprint density at radius 2 is 2.00 bits per heavy atom. The van der Waals surface area contributed by atoms with Gasteiger partial charge in [0.15, 0.2) is 5.65 Å². The van der Waals surface area contributed by atoms with Crippen molar-refractivity contribution in [3.05, 3.63) is 36.5 Å². The Morgan fingerprint density at radius 1 is 1.17 bits per heavy atom. The highest BCUT2D eigenvalue weighted by atomic mass is 32.2. The monoisotopic (exact) mass is 342 g/mol. The van der Waals surface area contributed by atoms with E-state index >= 15 is 0 Å². The Labute approximate surface area is 143 Å². The number of fused-ring (bicyclic) bond motifs is 1. The molecule has 0 aliphatic rings. The van der Waals surface area contributed by atoms with Gasteiger partial charge in [-0.25, -0.2) is 0 Å². The fourth-order valence-corrected chi connectivity index (χ4v) is 2.78. The second kappa shape index (κ2) is 6.56. The Balaban J connectivity index is 1.80. The van der Waals surface area contributed by atoms with Crippen LogP contribution in [0.15, 0.2) is 41.7 Å². The number of carbonyl (C=O) groups excluding carboxylic acids is 1. The normalized spacial score (nSPS) is 11.6. The second-order valence-corrected chi connectivity index (χ2v) is 7.22. The fourth-order valence-electron chi connectivity index (χ4n) is 2.09. The lowest BCUT2D eigenvalue weighted by Gasteiger charge is -2.20. The molecule has 3 heterocycles. The molecule has 0 unspecified atom stereocenters. The molecule has 24 heavy (non-hydrogen) atoms. The molecule has 3 aromatic heterocycles. The Bertz CT molecular complexity index is 856. The van der Waals surface area contributed by atoms with Crippen LogP contribution in [0.25, 0.3) is 17.0 Å². The van der Waals surface area contributed by atoms with Gasteiger partial charge in [0.25, 0.3) is 0 Å². The average molecular weight is 342 g/mol. The van der Waals surface area contributed by atoms with Gasteiger partial charge in [-0.2, -0.15) is 9.61 Å². The number of amides is 1. The number of aromatic nitrogens is 5. The molecule has 0 aliphatic carbocycles. The Morgan fingerprint density at radius 3 is 2.71 bits per heavy atom. The summed E-state index contributed by atoms with van der Waals surface area (Å²) in [5.74, 6) is 0.207. The van der Waals surface area contributed by atoms with E-state index in [1.54, 1.807) is 10.7 Å². The standard InChI is InChI=1S/C16H18N6OS/c1-16(2,3)18-14(23)10-24-15-20-19-13-8-7-12(21-22(13)15)11-6-4-5-9-17-11/h4-9H,10H2,1-3H3,(H,18,23). The zero-order valence-corrected chi connectivity index (χ0v) is 14.5. The molecule has 0 spiro atoms. The summed E-state index contributed by atoms with van der Waals surface area (Å²) >= 11 is 1.30. The third kappa shape index (κ3) is 3.88. The highest BCUT2D eigenvalue weighted by Crippen LogP contribution is 2.19. The zero-order valence-electron chi connectivity index (χ0n) is 13.7. The smallest absolute Gasteiger partial charge is 0.230 e. The molecule has 3 rings (SSSR count). The molecule has 0 aliphatic heterocycles. The number of thioether (sulfide) groups is 1. The van der Waals surface area contributed by atoms with Crippen molar-refractivity contribution in [2.24, 2.45) is 0 Å². The van der Waals surface area contributed by atoms with Crippen LogP contribution < -0.4 is 5.32 Å². The van der Waals surface area contributed by atoms with E-state index in [1.165, 1.54) is 11.8 Å². The predicted octanol–water partition coefficient (Wildman–Crippen LogP) is 2.19. The first-order chi connectivity index (χ1) is 11.4. The molecular formula is C16H18N6OS. The summed E-state index contributed by atoms with van der Waals surface area (Å²) in [5.41, 5.74) is 1.88. The molecule has 0 saturated heterocycles. The molecule has 0 bridgehead atoms. The second-order valence-electron chi connectivity index (χ2n) is 6.27. The van der Waals surface area contributed by atoms with Crippen molar-refractivity contribution in [2.45, 2.75) is 31.5 Å². The molecule has 0 fully saturated rings. The van der Waals surface area contributed by atoms with Gasteiger partial charge in [0.1, 0.15) is 5.69 Å². The molecule has 0 aromatic carbocycles. The number of carbonyl (C=O) groups is 1. The molecule has 0 radical (unpaired) electrons. The maximum absolute atomic E-state index is 12.0. The van der Waals surface area contributed by atoms with Crippen molar-refractivity contribution in [1.82, 2.24) is 30.1 Å². The first-order valence-electron chi connectivity index (χ1n) is 7.50. The molecule has 8 heteroatoms. The van der Waals surface area contributed by atoms with E-state index in [-0.39, 0.29) is 17.2 Å². The zero-order chi connectivity index (χ0) is 17.2. The van der Waals surface area contributed by atoms with Crippen LogP contribution in [0.4, 0.5) is 0 Å². The minimum absolute atomic E-state index is 0.0508. The van der Waals surface area contributed by atoms with Crippen LogP contribution in [0.1, 0.15) is 20.8 Å². The summed E-state index contributed by atoms with van der Waals surface area (Å²) in [5, 5.41) is 16.2. The van der Waals surface area contributed by atoms with E-state index in [0.29, 0.717) is 10.8 Å². The molecule has 124 valence electrons. The summed E-state index contributed by atoms with van der Waals surface area (Å²) in [7, 11) is 0. The number of nitrogens with one attached hydrogen (secondary N) is 1. The third-order valence-corrected chi connectivity index (χ3v) is 3.93. The molecule has 0 saturated carbocycles. The topological polar surface area (TPSA) is 85.1 Å². The summed E-state index contributed by atoms with van der Waals surface area (Å²) in [4.78, 5) is 16.3. The maximum Gasteiger partial charge on any atom is 0.230 e. The van der Waals surface area contributed by atoms with E-state index in [9.17, 15) is 4.79 Å². The van der Waals surface area contributed by atoms with Gasteiger partial charge in [0.2, 0.25) is 11.1 Å². The van der Waals surface area contributed by atoms with Gasteiger partial charge in [-0.3, -0.25) is 9.78 Å². The van der Waals surface area contributed by atoms with Crippen LogP contribution in [0.3, 0.4) is 0 Å². The minimum atomic E-state index is -0.255. The molecule has 1 N–H and O–H groups in total. The van der Waals surface area contributed by atoms with Crippen molar-refractivity contribution >= 4 is 23.3 Å². The maximum atomic E-state index is 12.0. The van der Waals surface area contributed by atoms with Crippen LogP contribution in [-0.2, 0) is 4.79 Å². The third-order valence-electron chi connectivity index (χ3n) is 3.01. The van der Waals surface area contributed by atoms with Gasteiger partial charge in [-0.1, -0.05) is 17.8 Å². The highest BCUT2D eigenvalue weighted by molar-refractivity contribution is 7.99. The van der Waals surface area contributed by atoms with Crippen molar-refractivity contribution in [3.63, 3.8) is 0 Å². The first-order valence-corrected chi connectivity index (χ1v) is 8.49. The van der Waals surface area contributed by atoms with Crippen LogP contribution in [0.5, 0.6) is 0 Å². The Hall–Kier alpha value is -2.48. The quantitative estimate of drug-likeness (QED) is 0.732. The predicted molar refractivity (Wildman–Crippen MR) is 92.6 cm³/mol. The van der Waals surface area contributed by atoms with Crippen LogP contribution in [-0.4, -0.2) is 42.0 Å². The first kappa shape index (κ1) is 16.4. The molecule has 7 nitrogen and oxygen atoms in total. The molecule has 0 atom stereocenters. The largest absolute Gasteiger partial charge is 0.351 e. The van der Waals surface area contributed by atoms with Crippen LogP contribution in [0, 0.1) is 0 Å². The van der Waals surface area contributed by atoms with E-state index in [1.807, 2.05) is 51.1 Å². The number of nitrogens with zero attached hydrogens (tertiary/aromatic N) is 5. The summed E-state index contributed by atoms with van der Waals surface area (Å²) in [6, 6.07) is 9.35. The van der Waals surface area contributed by atoms with Gasteiger partial charge in [-0.05, 0) is 45.0 Å². The van der Waals surface area contributed by atoms with E-state index in [4.69, 9.17) is 0 Å². The summed E-state index contributed by atoms with van der Waals surface area (Å²) in [6.45, 7) is 5.84. The van der Waals surface area contributed by atoms with Gasteiger partial charge in [0.05, 0.1) is 11.4 Å². The van der Waals surface area contributed by atoms with E-state index < -0.39 is 0 Å². The fraction of sp³-hybridized carbons (Fsp3) is 0.312. The Kier molecular flexibility index (Phi) is 4.48. The molecular weight excluding hydrogens is 324 g/mol. The lowest BCUT2D eigenvalue weighted by atomic mass is 10.1. The van der Waals surface area contributed by atoms with E-state index in [2.05, 4.69) is 25.6 Å². The summed E-state index contributed by atoms with van der Waals surface area (Å²) in [6.07, 6.45) is 1.72. The lowest BCUT2D eigenvalue weighted by molar-refractivity contribution is -0.119. The average Bonchev–Trinajstić information content (AvgIpc) is 2.94. The SMILES string of the molecule is CC(C)(C)NC(=O)CSc1nnc2ccc(-c3ccccn3)nn12. The van der Waals surface area contributed by atoms with E-state index in [0.717, 1.165) is 11.4 Å². The molecule has 1 amide bonds. The van der Waals surface area contributed by atoms with Gasteiger partial charge in [-0.15, -0.1) is 10.2 Å².